The van der Waals surface area contributed by atoms with Crippen molar-refractivity contribution in [3.8, 4) is 11.5 Å². The van der Waals surface area contributed by atoms with E-state index in [-0.39, 0.29) is 0 Å². The third kappa shape index (κ3) is 2.12. The molecule has 2 rings (SSSR count). The summed E-state index contributed by atoms with van der Waals surface area (Å²) in [5.74, 6) is 1.63. The van der Waals surface area contributed by atoms with Gasteiger partial charge in [0.25, 0.3) is 0 Å². The van der Waals surface area contributed by atoms with Gasteiger partial charge in [0.2, 0.25) is 0 Å². The van der Waals surface area contributed by atoms with Crippen LogP contribution in [0.1, 0.15) is 24.8 Å². The molecule has 0 unspecified atom stereocenters. The number of likely N-dealkylation sites (N-methyl/N-ethyl adjacent to an activating group) is 1. The van der Waals surface area contributed by atoms with Gasteiger partial charge in [-0.1, -0.05) is 12.5 Å². The molecule has 1 saturated carbocycles. The van der Waals surface area contributed by atoms with E-state index in [2.05, 4.69) is 17.4 Å². The van der Waals surface area contributed by atoms with Crippen LogP contribution in [0.5, 0.6) is 11.5 Å². The van der Waals surface area contributed by atoms with Crippen LogP contribution in [0.25, 0.3) is 0 Å². The Hall–Kier alpha value is -1.22. The highest BCUT2D eigenvalue weighted by Crippen LogP contribution is 2.45. The lowest BCUT2D eigenvalue weighted by atomic mass is 9.64. The van der Waals surface area contributed by atoms with Crippen molar-refractivity contribution < 1.29 is 9.47 Å². The van der Waals surface area contributed by atoms with Crippen molar-refractivity contribution in [1.29, 1.82) is 0 Å². The molecule has 0 aliphatic heterocycles. The third-order valence-corrected chi connectivity index (χ3v) is 3.82. The first kappa shape index (κ1) is 12.2. The second-order valence-electron chi connectivity index (χ2n) is 4.73. The molecular formula is C14H21NO2. The molecule has 0 saturated heterocycles. The summed E-state index contributed by atoms with van der Waals surface area (Å²) in [5, 5.41) is 3.30. The second kappa shape index (κ2) is 4.96. The number of hydrogen-bond donors (Lipinski definition) is 1. The summed E-state index contributed by atoms with van der Waals surface area (Å²) in [5.41, 5.74) is 1.66. The third-order valence-electron chi connectivity index (χ3n) is 3.82. The number of benzene rings is 1. The van der Waals surface area contributed by atoms with Crippen LogP contribution >= 0.6 is 0 Å². The molecular weight excluding hydrogens is 214 g/mol. The van der Waals surface area contributed by atoms with E-state index in [0.29, 0.717) is 5.41 Å². The lowest BCUT2D eigenvalue weighted by Gasteiger charge is -2.42. The molecule has 0 radical (unpaired) electrons. The fraction of sp³-hybridized carbons (Fsp3) is 0.571. The van der Waals surface area contributed by atoms with Gasteiger partial charge in [-0.25, -0.2) is 0 Å². The van der Waals surface area contributed by atoms with Gasteiger partial charge >= 0.3 is 0 Å². The molecule has 3 heteroatoms. The van der Waals surface area contributed by atoms with E-state index < -0.39 is 0 Å². The zero-order valence-corrected chi connectivity index (χ0v) is 10.9. The fourth-order valence-electron chi connectivity index (χ4n) is 2.68. The first-order valence-corrected chi connectivity index (χ1v) is 6.13. The quantitative estimate of drug-likeness (QED) is 0.849. The Kier molecular flexibility index (Phi) is 3.57. The van der Waals surface area contributed by atoms with Crippen LogP contribution in [0, 0.1) is 0 Å². The maximum atomic E-state index is 5.37. The van der Waals surface area contributed by atoms with E-state index in [1.54, 1.807) is 14.2 Å². The number of rotatable bonds is 5. The summed E-state index contributed by atoms with van der Waals surface area (Å²) >= 11 is 0. The number of hydrogen-bond acceptors (Lipinski definition) is 3. The van der Waals surface area contributed by atoms with Gasteiger partial charge in [-0.3, -0.25) is 0 Å². The predicted molar refractivity (Wildman–Crippen MR) is 69.0 cm³/mol. The van der Waals surface area contributed by atoms with Crippen molar-refractivity contribution in [2.45, 2.75) is 24.7 Å². The summed E-state index contributed by atoms with van der Waals surface area (Å²) in [6.07, 6.45) is 3.82. The Bertz CT molecular complexity index is 386. The zero-order valence-electron chi connectivity index (χ0n) is 10.9. The Morgan fingerprint density at radius 1 is 1.18 bits per heavy atom. The molecule has 1 aliphatic rings. The Morgan fingerprint density at radius 3 is 2.35 bits per heavy atom. The van der Waals surface area contributed by atoms with Crippen LogP contribution < -0.4 is 14.8 Å². The minimum atomic E-state index is 0.300. The maximum Gasteiger partial charge on any atom is 0.161 e. The van der Waals surface area contributed by atoms with Crippen LogP contribution in [-0.4, -0.2) is 27.8 Å². The zero-order chi connectivity index (χ0) is 12.3. The van der Waals surface area contributed by atoms with Crippen molar-refractivity contribution >= 4 is 0 Å². The summed E-state index contributed by atoms with van der Waals surface area (Å²) in [6.45, 7) is 1.03. The molecule has 0 heterocycles. The first-order valence-electron chi connectivity index (χ1n) is 6.13. The molecule has 17 heavy (non-hydrogen) atoms. The van der Waals surface area contributed by atoms with E-state index >= 15 is 0 Å². The van der Waals surface area contributed by atoms with Crippen LogP contribution in [0.4, 0.5) is 0 Å². The van der Waals surface area contributed by atoms with E-state index in [4.69, 9.17) is 9.47 Å². The summed E-state index contributed by atoms with van der Waals surface area (Å²) in [6, 6.07) is 6.29. The Labute approximate surface area is 103 Å². The average molecular weight is 235 g/mol. The maximum absolute atomic E-state index is 5.37. The van der Waals surface area contributed by atoms with Crippen molar-refractivity contribution in [3.05, 3.63) is 23.8 Å². The van der Waals surface area contributed by atoms with Crippen molar-refractivity contribution in [3.63, 3.8) is 0 Å². The molecule has 0 bridgehead atoms. The highest BCUT2D eigenvalue weighted by Gasteiger charge is 2.38. The number of ether oxygens (including phenoxy) is 2. The lowest BCUT2D eigenvalue weighted by molar-refractivity contribution is 0.237. The molecule has 1 fully saturated rings. The topological polar surface area (TPSA) is 30.5 Å². The van der Waals surface area contributed by atoms with Crippen LogP contribution in [0.15, 0.2) is 18.2 Å². The molecule has 1 aromatic rings. The minimum Gasteiger partial charge on any atom is -0.493 e. The molecule has 94 valence electrons. The van der Waals surface area contributed by atoms with E-state index in [0.717, 1.165) is 18.0 Å². The first-order chi connectivity index (χ1) is 8.25. The van der Waals surface area contributed by atoms with Gasteiger partial charge in [0.05, 0.1) is 14.2 Å². The molecule has 0 atom stereocenters. The van der Waals surface area contributed by atoms with Gasteiger partial charge in [0, 0.05) is 12.0 Å². The highest BCUT2D eigenvalue weighted by molar-refractivity contribution is 5.46. The van der Waals surface area contributed by atoms with E-state index in [1.807, 2.05) is 13.1 Å². The van der Waals surface area contributed by atoms with Crippen LogP contribution in [-0.2, 0) is 5.41 Å². The van der Waals surface area contributed by atoms with E-state index in [9.17, 15) is 0 Å². The smallest absolute Gasteiger partial charge is 0.161 e. The molecule has 0 spiro atoms. The summed E-state index contributed by atoms with van der Waals surface area (Å²) in [7, 11) is 5.37. The van der Waals surface area contributed by atoms with Gasteiger partial charge in [0.15, 0.2) is 11.5 Å². The fourth-order valence-corrected chi connectivity index (χ4v) is 2.68. The average Bonchev–Trinajstić information content (AvgIpc) is 2.33. The van der Waals surface area contributed by atoms with Crippen LogP contribution in [0.3, 0.4) is 0 Å². The molecule has 0 amide bonds. The van der Waals surface area contributed by atoms with Crippen molar-refractivity contribution in [2.75, 3.05) is 27.8 Å². The number of nitrogens with one attached hydrogen (secondary N) is 1. The number of methoxy groups -OCH3 is 2. The molecule has 1 aromatic carbocycles. The van der Waals surface area contributed by atoms with E-state index in [1.165, 1.54) is 24.8 Å². The SMILES string of the molecule is CNCC1(c2ccc(OC)c(OC)c2)CCC1. The standard InChI is InChI=1S/C14H21NO2/c1-15-10-14(7-4-8-14)11-5-6-12(16-2)13(9-11)17-3/h5-6,9,15H,4,7-8,10H2,1-3H3. The molecule has 3 nitrogen and oxygen atoms in total. The van der Waals surface area contributed by atoms with Crippen molar-refractivity contribution in [2.24, 2.45) is 0 Å². The summed E-state index contributed by atoms with van der Waals surface area (Å²) < 4.78 is 10.6. The molecule has 1 N–H and O–H groups in total. The highest BCUT2D eigenvalue weighted by atomic mass is 16.5. The lowest BCUT2D eigenvalue weighted by Crippen LogP contribution is -2.42. The molecule has 1 aliphatic carbocycles. The van der Waals surface area contributed by atoms with Crippen LogP contribution in [0.2, 0.25) is 0 Å². The Balaban J connectivity index is 2.32. The van der Waals surface area contributed by atoms with Gasteiger partial charge in [-0.2, -0.15) is 0 Å². The minimum absolute atomic E-state index is 0.300. The van der Waals surface area contributed by atoms with Crippen molar-refractivity contribution in [1.82, 2.24) is 5.32 Å². The Morgan fingerprint density at radius 2 is 1.88 bits per heavy atom. The summed E-state index contributed by atoms with van der Waals surface area (Å²) in [4.78, 5) is 0. The van der Waals surface area contributed by atoms with Gasteiger partial charge in [-0.15, -0.1) is 0 Å². The predicted octanol–water partition coefficient (Wildman–Crippen LogP) is 2.34. The monoisotopic (exact) mass is 235 g/mol. The van der Waals surface area contributed by atoms with Gasteiger partial charge in [-0.05, 0) is 37.6 Å². The van der Waals surface area contributed by atoms with Gasteiger partial charge < -0.3 is 14.8 Å². The normalized spacial score (nSPS) is 17.4. The molecule has 0 aromatic heterocycles. The second-order valence-corrected chi connectivity index (χ2v) is 4.73. The van der Waals surface area contributed by atoms with Gasteiger partial charge in [0.1, 0.15) is 0 Å². The largest absolute Gasteiger partial charge is 0.493 e.